The van der Waals surface area contributed by atoms with Gasteiger partial charge in [0.1, 0.15) is 11.6 Å². The second kappa shape index (κ2) is 5.92. The average molecular weight is 287 g/mol. The van der Waals surface area contributed by atoms with Crippen molar-refractivity contribution < 1.29 is 26.7 Å². The van der Waals surface area contributed by atoms with E-state index in [1.807, 2.05) is 0 Å². The van der Waals surface area contributed by atoms with E-state index >= 15 is 0 Å². The van der Waals surface area contributed by atoms with E-state index in [1.165, 1.54) is 13.8 Å². The lowest BCUT2D eigenvalue weighted by atomic mass is 10.1. The van der Waals surface area contributed by atoms with Crippen LogP contribution in [0.25, 0.3) is 0 Å². The van der Waals surface area contributed by atoms with Crippen molar-refractivity contribution in [3.8, 4) is 0 Å². The molecule has 0 spiro atoms. The second-order valence-electron chi connectivity index (χ2n) is 5.18. The first-order valence-electron chi connectivity index (χ1n) is 5.39. The van der Waals surface area contributed by atoms with Crippen LogP contribution >= 0.6 is 0 Å². The van der Waals surface area contributed by atoms with E-state index in [4.69, 9.17) is 4.74 Å². The number of carbonyl (C=O) groups is 1. The molecule has 0 aliphatic rings. The minimum Gasteiger partial charge on any atom is -0.459 e. The highest BCUT2D eigenvalue weighted by atomic mass is 32.2. The van der Waals surface area contributed by atoms with Gasteiger partial charge in [0, 0.05) is 0 Å². The lowest BCUT2D eigenvalue weighted by molar-refractivity contribution is -0.158. The zero-order chi connectivity index (χ0) is 14.7. The highest BCUT2D eigenvalue weighted by Gasteiger charge is 2.35. The van der Waals surface area contributed by atoms with Gasteiger partial charge in [-0.25, -0.2) is 8.42 Å². The van der Waals surface area contributed by atoms with Crippen LogP contribution in [-0.2, 0) is 19.6 Å². The monoisotopic (exact) mass is 287 g/mol. The Labute approximate surface area is 106 Å². The molecule has 0 fully saturated rings. The van der Waals surface area contributed by atoms with Crippen molar-refractivity contribution in [2.45, 2.75) is 52.0 Å². The molecule has 0 unspecified atom stereocenters. The third-order valence-electron chi connectivity index (χ3n) is 1.85. The van der Waals surface area contributed by atoms with Crippen molar-refractivity contribution >= 4 is 16.0 Å². The van der Waals surface area contributed by atoms with Crippen LogP contribution < -0.4 is 4.72 Å². The van der Waals surface area contributed by atoms with Gasteiger partial charge in [-0.15, -0.1) is 0 Å². The van der Waals surface area contributed by atoms with E-state index in [-0.39, 0.29) is 0 Å². The smallest absolute Gasteiger partial charge is 0.350 e. The van der Waals surface area contributed by atoms with E-state index in [9.17, 15) is 22.0 Å². The first-order chi connectivity index (χ1) is 7.87. The van der Waals surface area contributed by atoms with Gasteiger partial charge in [0.05, 0.1) is 0 Å². The van der Waals surface area contributed by atoms with E-state index in [0.29, 0.717) is 0 Å². The van der Waals surface area contributed by atoms with Crippen LogP contribution in [0.5, 0.6) is 0 Å². The SMILES string of the molecule is CC(C)[C@H](NS(=O)(=O)C(F)F)C(=O)OC(C)(C)C. The number of rotatable bonds is 5. The maximum atomic E-state index is 12.2. The van der Waals surface area contributed by atoms with Gasteiger partial charge in [-0.05, 0) is 26.7 Å². The van der Waals surface area contributed by atoms with Crippen LogP contribution in [0.2, 0.25) is 0 Å². The van der Waals surface area contributed by atoms with Gasteiger partial charge in [0.25, 0.3) is 10.0 Å². The van der Waals surface area contributed by atoms with Crippen molar-refractivity contribution in [2.24, 2.45) is 5.92 Å². The van der Waals surface area contributed by atoms with Gasteiger partial charge in [-0.1, -0.05) is 13.8 Å². The predicted molar refractivity (Wildman–Crippen MR) is 62.5 cm³/mol. The number of hydrogen-bond donors (Lipinski definition) is 1. The van der Waals surface area contributed by atoms with Gasteiger partial charge in [0.15, 0.2) is 0 Å². The Morgan fingerprint density at radius 1 is 1.22 bits per heavy atom. The minimum atomic E-state index is -4.83. The van der Waals surface area contributed by atoms with Gasteiger partial charge in [-0.3, -0.25) is 4.79 Å². The van der Waals surface area contributed by atoms with Gasteiger partial charge in [0.2, 0.25) is 0 Å². The largest absolute Gasteiger partial charge is 0.459 e. The summed E-state index contributed by atoms with van der Waals surface area (Å²) in [5.74, 6) is -4.96. The molecule has 0 rings (SSSR count). The molecule has 0 saturated carbocycles. The summed E-state index contributed by atoms with van der Waals surface area (Å²) in [6.45, 7) is 7.86. The number of carbonyl (C=O) groups excluding carboxylic acids is 1. The van der Waals surface area contributed by atoms with Gasteiger partial charge >= 0.3 is 11.7 Å². The lowest BCUT2D eigenvalue weighted by Crippen LogP contribution is -2.48. The molecular formula is C10H19F2NO4S. The summed E-state index contributed by atoms with van der Waals surface area (Å²) in [6, 6.07) is -1.33. The van der Waals surface area contributed by atoms with E-state index in [0.717, 1.165) is 0 Å². The number of sulfonamides is 1. The van der Waals surface area contributed by atoms with E-state index in [2.05, 4.69) is 0 Å². The Bertz CT molecular complexity index is 387. The molecule has 0 heterocycles. The van der Waals surface area contributed by atoms with E-state index < -0.39 is 39.3 Å². The molecule has 1 atom stereocenters. The maximum Gasteiger partial charge on any atom is 0.350 e. The number of ether oxygens (including phenoxy) is 1. The third kappa shape index (κ3) is 5.72. The summed E-state index contributed by atoms with van der Waals surface area (Å²) in [4.78, 5) is 11.7. The molecule has 0 radical (unpaired) electrons. The fourth-order valence-corrected chi connectivity index (χ4v) is 1.88. The molecule has 0 aliphatic carbocycles. The van der Waals surface area contributed by atoms with Crippen LogP contribution in [-0.4, -0.2) is 31.8 Å². The summed E-state index contributed by atoms with van der Waals surface area (Å²) in [6.07, 6.45) is 0. The second-order valence-corrected chi connectivity index (χ2v) is 6.86. The summed E-state index contributed by atoms with van der Waals surface area (Å²) < 4.78 is 53.2. The molecule has 0 aliphatic heterocycles. The molecule has 8 heteroatoms. The van der Waals surface area contributed by atoms with Crippen molar-refractivity contribution in [3.63, 3.8) is 0 Å². The number of nitrogens with one attached hydrogen (secondary N) is 1. The Morgan fingerprint density at radius 2 is 1.67 bits per heavy atom. The van der Waals surface area contributed by atoms with Gasteiger partial charge in [-0.2, -0.15) is 13.5 Å². The van der Waals surface area contributed by atoms with Crippen molar-refractivity contribution in [1.82, 2.24) is 4.72 Å². The van der Waals surface area contributed by atoms with Crippen molar-refractivity contribution in [1.29, 1.82) is 0 Å². The van der Waals surface area contributed by atoms with Crippen LogP contribution in [0.1, 0.15) is 34.6 Å². The molecule has 18 heavy (non-hydrogen) atoms. The van der Waals surface area contributed by atoms with E-state index in [1.54, 1.807) is 25.5 Å². The summed E-state index contributed by atoms with van der Waals surface area (Å²) in [7, 11) is -4.83. The zero-order valence-corrected chi connectivity index (χ0v) is 11.8. The highest BCUT2D eigenvalue weighted by molar-refractivity contribution is 7.89. The number of hydrogen-bond acceptors (Lipinski definition) is 4. The lowest BCUT2D eigenvalue weighted by Gasteiger charge is -2.26. The number of halogens is 2. The Morgan fingerprint density at radius 3 is 1.94 bits per heavy atom. The minimum absolute atomic E-state index is 0.506. The standard InChI is InChI=1S/C10H19F2NO4S/c1-6(2)7(8(14)17-10(3,4)5)13-18(15,16)9(11)12/h6-7,9,13H,1-5H3/t7-/m0/s1. The average Bonchev–Trinajstić information content (AvgIpc) is 2.10. The summed E-state index contributed by atoms with van der Waals surface area (Å²) in [5.41, 5.74) is -0.819. The first kappa shape index (κ1) is 17.2. The maximum absolute atomic E-state index is 12.2. The molecule has 108 valence electrons. The summed E-state index contributed by atoms with van der Waals surface area (Å²) >= 11 is 0. The molecule has 5 nitrogen and oxygen atoms in total. The fourth-order valence-electron chi connectivity index (χ4n) is 1.05. The van der Waals surface area contributed by atoms with Crippen molar-refractivity contribution in [2.75, 3.05) is 0 Å². The molecule has 0 amide bonds. The quantitative estimate of drug-likeness (QED) is 0.778. The molecule has 1 N–H and O–H groups in total. The molecule has 0 aromatic rings. The predicted octanol–water partition coefficient (Wildman–Crippen LogP) is 1.49. The number of alkyl halides is 2. The van der Waals surface area contributed by atoms with Crippen LogP contribution in [0.15, 0.2) is 0 Å². The molecule has 0 bridgehead atoms. The molecule has 0 aromatic carbocycles. The van der Waals surface area contributed by atoms with Crippen LogP contribution in [0, 0.1) is 5.92 Å². The number of esters is 1. The zero-order valence-electron chi connectivity index (χ0n) is 11.0. The molecular weight excluding hydrogens is 268 g/mol. The van der Waals surface area contributed by atoms with Crippen molar-refractivity contribution in [3.05, 3.63) is 0 Å². The van der Waals surface area contributed by atoms with Gasteiger partial charge < -0.3 is 4.74 Å². The fraction of sp³-hybridized carbons (Fsp3) is 0.900. The first-order valence-corrected chi connectivity index (χ1v) is 6.93. The van der Waals surface area contributed by atoms with Crippen LogP contribution in [0.3, 0.4) is 0 Å². The third-order valence-corrected chi connectivity index (χ3v) is 2.90. The Balaban J connectivity index is 4.96. The highest BCUT2D eigenvalue weighted by Crippen LogP contribution is 2.14. The normalized spacial score (nSPS) is 14.9. The molecule has 0 aromatic heterocycles. The Kier molecular flexibility index (Phi) is 5.67. The van der Waals surface area contributed by atoms with Crippen LogP contribution in [0.4, 0.5) is 8.78 Å². The topological polar surface area (TPSA) is 72.5 Å². The molecule has 0 saturated heterocycles. The Hall–Kier alpha value is -0.760. The summed E-state index contributed by atoms with van der Waals surface area (Å²) in [5, 5.41) is 0.